The van der Waals surface area contributed by atoms with Crippen LogP contribution in [0.5, 0.6) is 0 Å². The lowest BCUT2D eigenvalue weighted by atomic mass is 9.88. The maximum Gasteiger partial charge on any atom is 0.237 e. The Morgan fingerprint density at radius 2 is 1.90 bits per heavy atom. The number of nitrogens with one attached hydrogen (secondary N) is 2. The lowest BCUT2D eigenvalue weighted by Gasteiger charge is -2.38. The summed E-state index contributed by atoms with van der Waals surface area (Å²) < 4.78 is 0. The van der Waals surface area contributed by atoms with Gasteiger partial charge < -0.3 is 10.6 Å². The van der Waals surface area contributed by atoms with Gasteiger partial charge >= 0.3 is 0 Å². The third-order valence-electron chi connectivity index (χ3n) is 4.67. The highest BCUT2D eigenvalue weighted by Crippen LogP contribution is 2.26. The predicted molar refractivity (Wildman–Crippen MR) is 82.7 cm³/mol. The van der Waals surface area contributed by atoms with Crippen molar-refractivity contribution in [2.24, 2.45) is 5.92 Å². The van der Waals surface area contributed by atoms with Crippen molar-refractivity contribution in [2.45, 2.75) is 71.0 Å². The fourth-order valence-electron chi connectivity index (χ4n) is 3.46. The van der Waals surface area contributed by atoms with E-state index in [0.717, 1.165) is 25.0 Å². The number of likely N-dealkylation sites (tertiary alicyclic amines) is 1. The highest BCUT2D eigenvalue weighted by Gasteiger charge is 2.32. The van der Waals surface area contributed by atoms with Crippen LogP contribution in [0.15, 0.2) is 0 Å². The Balaban J connectivity index is 1.79. The molecular weight excluding hydrogens is 250 g/mol. The summed E-state index contributed by atoms with van der Waals surface area (Å²) in [7, 11) is 0. The lowest BCUT2D eigenvalue weighted by molar-refractivity contribution is -0.127. The first-order valence-corrected chi connectivity index (χ1v) is 8.16. The van der Waals surface area contributed by atoms with Gasteiger partial charge in [0.1, 0.15) is 0 Å². The third kappa shape index (κ3) is 4.19. The largest absolute Gasteiger partial charge is 0.350 e. The first-order valence-electron chi connectivity index (χ1n) is 8.16. The van der Waals surface area contributed by atoms with Crippen LogP contribution >= 0.6 is 0 Å². The molecule has 2 heterocycles. The Morgan fingerprint density at radius 1 is 1.25 bits per heavy atom. The van der Waals surface area contributed by atoms with Crippen molar-refractivity contribution < 1.29 is 4.79 Å². The summed E-state index contributed by atoms with van der Waals surface area (Å²) in [6, 6.07) is 0.725. The van der Waals surface area contributed by atoms with Crippen LogP contribution in [0.2, 0.25) is 0 Å². The van der Waals surface area contributed by atoms with Gasteiger partial charge in [0.15, 0.2) is 0 Å². The molecule has 0 bridgehead atoms. The van der Waals surface area contributed by atoms with Crippen molar-refractivity contribution in [3.05, 3.63) is 0 Å². The Hall–Kier alpha value is -0.610. The monoisotopic (exact) mass is 281 g/mol. The molecule has 0 spiro atoms. The second kappa shape index (κ2) is 6.44. The first-order chi connectivity index (χ1) is 9.37. The average molecular weight is 281 g/mol. The highest BCUT2D eigenvalue weighted by molar-refractivity contribution is 5.81. The van der Waals surface area contributed by atoms with E-state index in [1.54, 1.807) is 0 Å². The molecule has 2 aliphatic rings. The van der Waals surface area contributed by atoms with E-state index in [1.807, 2.05) is 27.7 Å². The zero-order valence-corrected chi connectivity index (χ0v) is 13.5. The smallest absolute Gasteiger partial charge is 0.237 e. The minimum atomic E-state index is -0.141. The quantitative estimate of drug-likeness (QED) is 0.828. The molecule has 2 aliphatic heterocycles. The van der Waals surface area contributed by atoms with Crippen molar-refractivity contribution in [2.75, 3.05) is 19.6 Å². The Morgan fingerprint density at radius 3 is 2.40 bits per heavy atom. The molecule has 20 heavy (non-hydrogen) atoms. The number of hydrogen-bond acceptors (Lipinski definition) is 3. The molecule has 116 valence electrons. The molecule has 4 heteroatoms. The molecule has 0 aromatic heterocycles. The van der Waals surface area contributed by atoms with Crippen LogP contribution in [0.4, 0.5) is 0 Å². The van der Waals surface area contributed by atoms with E-state index >= 15 is 0 Å². The summed E-state index contributed by atoms with van der Waals surface area (Å²) >= 11 is 0. The van der Waals surface area contributed by atoms with Gasteiger partial charge in [-0.2, -0.15) is 0 Å². The van der Waals surface area contributed by atoms with Crippen LogP contribution in [0.25, 0.3) is 0 Å². The molecule has 4 nitrogen and oxygen atoms in total. The summed E-state index contributed by atoms with van der Waals surface area (Å²) in [5, 5.41) is 6.72. The van der Waals surface area contributed by atoms with Gasteiger partial charge in [-0.3, -0.25) is 9.69 Å². The van der Waals surface area contributed by atoms with E-state index in [2.05, 4.69) is 15.5 Å². The first kappa shape index (κ1) is 15.8. The van der Waals surface area contributed by atoms with Crippen LogP contribution in [-0.4, -0.2) is 48.1 Å². The maximum atomic E-state index is 12.2. The zero-order valence-electron chi connectivity index (χ0n) is 13.5. The minimum absolute atomic E-state index is 0.00767. The molecular formula is C16H31N3O. The molecule has 0 saturated carbocycles. The van der Waals surface area contributed by atoms with Gasteiger partial charge in [-0.15, -0.1) is 0 Å². The predicted octanol–water partition coefficient (Wildman–Crippen LogP) is 1.75. The zero-order chi connectivity index (χ0) is 14.8. The molecule has 2 rings (SSSR count). The molecule has 2 atom stereocenters. The number of rotatable bonds is 3. The molecule has 0 radical (unpaired) electrons. The second-order valence-electron chi connectivity index (χ2n) is 7.49. The van der Waals surface area contributed by atoms with Gasteiger partial charge in [-0.05, 0) is 78.9 Å². The van der Waals surface area contributed by atoms with Crippen LogP contribution < -0.4 is 10.6 Å². The summed E-state index contributed by atoms with van der Waals surface area (Å²) in [6.45, 7) is 11.5. The van der Waals surface area contributed by atoms with E-state index in [9.17, 15) is 4.79 Å². The van der Waals surface area contributed by atoms with E-state index in [4.69, 9.17) is 0 Å². The summed E-state index contributed by atoms with van der Waals surface area (Å²) in [5.41, 5.74) is -0.141. The van der Waals surface area contributed by atoms with E-state index in [1.165, 1.54) is 32.2 Å². The van der Waals surface area contributed by atoms with Gasteiger partial charge in [0.05, 0.1) is 6.04 Å². The molecule has 0 aromatic carbocycles. The van der Waals surface area contributed by atoms with Crippen LogP contribution in [0, 0.1) is 5.92 Å². The number of piperidine rings is 1. The number of amides is 1. The minimum Gasteiger partial charge on any atom is -0.350 e. The number of carbonyl (C=O) groups excluding carboxylic acids is 1. The van der Waals surface area contributed by atoms with E-state index in [0.29, 0.717) is 0 Å². The molecule has 2 N–H and O–H groups in total. The fourth-order valence-corrected chi connectivity index (χ4v) is 3.46. The molecule has 0 aromatic rings. The molecule has 2 saturated heterocycles. The molecule has 2 fully saturated rings. The number of hydrogen-bond donors (Lipinski definition) is 2. The average Bonchev–Trinajstić information content (AvgIpc) is 2.90. The van der Waals surface area contributed by atoms with Gasteiger partial charge in [0.2, 0.25) is 5.91 Å². The molecule has 2 unspecified atom stereocenters. The van der Waals surface area contributed by atoms with Gasteiger partial charge in [-0.25, -0.2) is 0 Å². The maximum absolute atomic E-state index is 12.2. The fraction of sp³-hybridized carbons (Fsp3) is 0.938. The standard InChI is InChI=1S/C16H31N3O/c1-12(15(20)18-16(2,3)4)19-10-7-13(8-11-19)14-6-5-9-17-14/h12-14,17H,5-11H2,1-4H3,(H,18,20). The van der Waals surface area contributed by atoms with Crippen LogP contribution in [0.1, 0.15) is 53.4 Å². The van der Waals surface area contributed by atoms with E-state index in [-0.39, 0.29) is 17.5 Å². The highest BCUT2D eigenvalue weighted by atomic mass is 16.2. The van der Waals surface area contributed by atoms with Gasteiger partial charge in [0, 0.05) is 11.6 Å². The van der Waals surface area contributed by atoms with Gasteiger partial charge in [-0.1, -0.05) is 0 Å². The van der Waals surface area contributed by atoms with Crippen molar-refractivity contribution in [1.82, 2.24) is 15.5 Å². The number of nitrogens with zero attached hydrogens (tertiary/aromatic N) is 1. The van der Waals surface area contributed by atoms with Crippen molar-refractivity contribution in [3.63, 3.8) is 0 Å². The van der Waals surface area contributed by atoms with Crippen molar-refractivity contribution >= 4 is 5.91 Å². The normalized spacial score (nSPS) is 27.5. The van der Waals surface area contributed by atoms with Crippen molar-refractivity contribution in [1.29, 1.82) is 0 Å². The summed E-state index contributed by atoms with van der Waals surface area (Å²) in [4.78, 5) is 14.6. The SMILES string of the molecule is CC(C(=O)NC(C)(C)C)N1CCC(C2CCCN2)CC1. The van der Waals surface area contributed by atoms with Crippen LogP contribution in [-0.2, 0) is 4.79 Å². The third-order valence-corrected chi connectivity index (χ3v) is 4.67. The molecule has 1 amide bonds. The molecule has 0 aliphatic carbocycles. The lowest BCUT2D eigenvalue weighted by Crippen LogP contribution is -2.53. The summed E-state index contributed by atoms with van der Waals surface area (Å²) in [5.74, 6) is 0.974. The Kier molecular flexibility index (Phi) is 5.08. The second-order valence-corrected chi connectivity index (χ2v) is 7.49. The summed E-state index contributed by atoms with van der Waals surface area (Å²) in [6.07, 6.45) is 5.12. The Labute approximate surface area is 123 Å². The van der Waals surface area contributed by atoms with Crippen molar-refractivity contribution in [3.8, 4) is 0 Å². The van der Waals surface area contributed by atoms with Gasteiger partial charge in [0.25, 0.3) is 0 Å². The van der Waals surface area contributed by atoms with E-state index < -0.39 is 0 Å². The number of carbonyl (C=O) groups is 1. The Bertz CT molecular complexity index is 323. The topological polar surface area (TPSA) is 44.4 Å². The van der Waals surface area contributed by atoms with Crippen LogP contribution in [0.3, 0.4) is 0 Å².